The maximum atomic E-state index is 13.5. The zero-order valence-electron chi connectivity index (χ0n) is 14.6. The van der Waals surface area contributed by atoms with Crippen LogP contribution in [0.1, 0.15) is 27.1 Å². The number of fused-ring (bicyclic) bond motifs is 1. The average Bonchev–Trinajstić information content (AvgIpc) is 3.23. The molecule has 4 nitrogen and oxygen atoms in total. The Hall–Kier alpha value is -2.77. The normalized spacial score (nSPS) is 12.3. The van der Waals surface area contributed by atoms with Crippen LogP contribution in [-0.2, 0) is 7.05 Å². The summed E-state index contributed by atoms with van der Waals surface area (Å²) in [6, 6.07) is 9.44. The van der Waals surface area contributed by atoms with Gasteiger partial charge in [0.05, 0.1) is 5.02 Å². The molecule has 0 spiro atoms. The van der Waals surface area contributed by atoms with Crippen molar-refractivity contribution in [2.75, 3.05) is 0 Å². The van der Waals surface area contributed by atoms with E-state index < -0.39 is 17.8 Å². The van der Waals surface area contributed by atoms with E-state index in [1.165, 1.54) is 24.3 Å². The molecule has 0 saturated heterocycles. The lowest BCUT2D eigenvalue weighted by molar-refractivity contribution is 0.0945. The van der Waals surface area contributed by atoms with E-state index in [1.807, 2.05) is 0 Å². The van der Waals surface area contributed by atoms with Crippen LogP contribution in [0.15, 0.2) is 54.9 Å². The van der Waals surface area contributed by atoms with Gasteiger partial charge in [0.1, 0.15) is 28.4 Å². The van der Waals surface area contributed by atoms with Crippen molar-refractivity contribution in [1.82, 2.24) is 14.9 Å². The van der Waals surface area contributed by atoms with E-state index in [4.69, 9.17) is 11.6 Å². The molecule has 0 aliphatic heterocycles. The summed E-state index contributed by atoms with van der Waals surface area (Å²) in [5, 5.41) is 3.81. The van der Waals surface area contributed by atoms with Crippen LogP contribution < -0.4 is 5.32 Å². The Morgan fingerprint density at radius 2 is 1.89 bits per heavy atom. The fourth-order valence-electron chi connectivity index (χ4n) is 2.99. The van der Waals surface area contributed by atoms with Crippen LogP contribution in [0.4, 0.5) is 8.78 Å². The Bertz CT molecular complexity index is 1170. The summed E-state index contributed by atoms with van der Waals surface area (Å²) in [7, 11) is 1.81. The van der Waals surface area contributed by atoms with Gasteiger partial charge in [0.15, 0.2) is 0 Å². The van der Waals surface area contributed by atoms with Crippen molar-refractivity contribution in [1.29, 1.82) is 0 Å². The molecule has 2 aromatic carbocycles. The smallest absolute Gasteiger partial charge is 0.263 e. The van der Waals surface area contributed by atoms with Gasteiger partial charge in [-0.1, -0.05) is 23.7 Å². The molecular formula is C20H14ClF2N3OS. The van der Waals surface area contributed by atoms with E-state index in [0.29, 0.717) is 21.5 Å². The molecule has 0 radical (unpaired) electrons. The van der Waals surface area contributed by atoms with Gasteiger partial charge in [0.25, 0.3) is 5.91 Å². The van der Waals surface area contributed by atoms with Crippen LogP contribution in [-0.4, -0.2) is 15.5 Å². The number of aryl methyl sites for hydroxylation is 1. The van der Waals surface area contributed by atoms with Crippen molar-refractivity contribution in [2.45, 2.75) is 6.04 Å². The Labute approximate surface area is 168 Å². The third-order valence-electron chi connectivity index (χ3n) is 4.39. The molecule has 0 aliphatic carbocycles. The summed E-state index contributed by atoms with van der Waals surface area (Å²) in [4.78, 5) is 17.6. The lowest BCUT2D eigenvalue weighted by Gasteiger charge is -2.19. The van der Waals surface area contributed by atoms with Crippen LogP contribution in [0.5, 0.6) is 0 Å². The number of hydrogen-bond acceptors (Lipinski definition) is 3. The van der Waals surface area contributed by atoms with Crippen LogP contribution in [0, 0.1) is 11.6 Å². The molecule has 142 valence electrons. The number of imidazole rings is 1. The number of carbonyl (C=O) groups is 1. The topological polar surface area (TPSA) is 46.9 Å². The zero-order chi connectivity index (χ0) is 19.8. The number of thiophene rings is 1. The Morgan fingerprint density at radius 1 is 1.18 bits per heavy atom. The SMILES string of the molecule is Cn1ccnc1C(NC(=O)c1sc2cc(F)ccc2c1Cl)c1ccc(F)cc1. The van der Waals surface area contributed by atoms with Crippen LogP contribution >= 0.6 is 22.9 Å². The fourth-order valence-corrected chi connectivity index (χ4v) is 4.43. The maximum absolute atomic E-state index is 13.5. The van der Waals surface area contributed by atoms with Gasteiger partial charge in [-0.25, -0.2) is 13.8 Å². The van der Waals surface area contributed by atoms with E-state index in [9.17, 15) is 13.6 Å². The molecule has 1 amide bonds. The summed E-state index contributed by atoms with van der Waals surface area (Å²) in [6.07, 6.45) is 3.38. The maximum Gasteiger partial charge on any atom is 0.263 e. The third-order valence-corrected chi connectivity index (χ3v) is 6.05. The van der Waals surface area contributed by atoms with Crippen LogP contribution in [0.2, 0.25) is 5.02 Å². The number of aromatic nitrogens is 2. The Morgan fingerprint density at radius 3 is 2.57 bits per heavy atom. The standard InChI is InChI=1S/C20H14ClF2N3OS/c1-26-9-8-24-19(26)17(11-2-4-12(22)5-3-11)25-20(27)18-16(21)14-7-6-13(23)10-15(14)28-18/h2-10,17H,1H3,(H,25,27). The second kappa shape index (κ2) is 7.33. The molecule has 0 bridgehead atoms. The van der Waals surface area contributed by atoms with Crippen LogP contribution in [0.3, 0.4) is 0 Å². The highest BCUT2D eigenvalue weighted by Gasteiger charge is 2.24. The molecule has 1 unspecified atom stereocenters. The second-order valence-corrected chi connectivity index (χ2v) is 7.67. The summed E-state index contributed by atoms with van der Waals surface area (Å²) >= 11 is 7.48. The molecule has 1 N–H and O–H groups in total. The van der Waals surface area contributed by atoms with Gasteiger partial charge in [-0.2, -0.15) is 0 Å². The van der Waals surface area contributed by atoms with Crippen molar-refractivity contribution in [3.8, 4) is 0 Å². The largest absolute Gasteiger partial charge is 0.337 e. The van der Waals surface area contributed by atoms with Crippen molar-refractivity contribution >= 4 is 38.9 Å². The van der Waals surface area contributed by atoms with E-state index in [0.717, 1.165) is 11.3 Å². The van der Waals surface area contributed by atoms with E-state index >= 15 is 0 Å². The third kappa shape index (κ3) is 3.39. The molecule has 4 aromatic rings. The van der Waals surface area contributed by atoms with Gasteiger partial charge in [0, 0.05) is 29.5 Å². The first-order valence-electron chi connectivity index (χ1n) is 8.35. The molecule has 0 saturated carbocycles. The lowest BCUT2D eigenvalue weighted by Crippen LogP contribution is -2.30. The number of hydrogen-bond donors (Lipinski definition) is 1. The molecule has 8 heteroatoms. The molecule has 2 aromatic heterocycles. The van der Waals surface area contributed by atoms with Gasteiger partial charge in [-0.15, -0.1) is 11.3 Å². The van der Waals surface area contributed by atoms with Crippen molar-refractivity contribution in [2.24, 2.45) is 7.05 Å². The Balaban J connectivity index is 1.73. The molecule has 0 aliphatic rings. The number of nitrogens with zero attached hydrogens (tertiary/aromatic N) is 2. The second-order valence-electron chi connectivity index (χ2n) is 6.24. The average molecular weight is 418 g/mol. The zero-order valence-corrected chi connectivity index (χ0v) is 16.2. The summed E-state index contributed by atoms with van der Waals surface area (Å²) < 4.78 is 29.2. The molecular weight excluding hydrogens is 404 g/mol. The van der Waals surface area contributed by atoms with Gasteiger partial charge in [-0.05, 0) is 35.9 Å². The fraction of sp³-hybridized carbons (Fsp3) is 0.100. The first-order chi connectivity index (χ1) is 13.4. The summed E-state index contributed by atoms with van der Waals surface area (Å²) in [5.41, 5.74) is 0.673. The van der Waals surface area contributed by atoms with Crippen molar-refractivity contribution in [3.63, 3.8) is 0 Å². The molecule has 0 fully saturated rings. The minimum atomic E-state index is -0.605. The summed E-state index contributed by atoms with van der Waals surface area (Å²) in [5.74, 6) is -0.593. The van der Waals surface area contributed by atoms with Crippen molar-refractivity contribution < 1.29 is 13.6 Å². The molecule has 1 atom stereocenters. The summed E-state index contributed by atoms with van der Waals surface area (Å²) in [6.45, 7) is 0. The highest BCUT2D eigenvalue weighted by Crippen LogP contribution is 2.36. The van der Waals surface area contributed by atoms with Gasteiger partial charge in [-0.3, -0.25) is 4.79 Å². The van der Waals surface area contributed by atoms with Crippen molar-refractivity contribution in [3.05, 3.63) is 87.8 Å². The number of rotatable bonds is 4. The molecule has 4 rings (SSSR count). The van der Waals surface area contributed by atoms with Gasteiger partial charge in [0.2, 0.25) is 0 Å². The minimum Gasteiger partial charge on any atom is -0.337 e. The highest BCUT2D eigenvalue weighted by atomic mass is 35.5. The predicted molar refractivity (Wildman–Crippen MR) is 106 cm³/mol. The molecule has 2 heterocycles. The monoisotopic (exact) mass is 417 g/mol. The lowest BCUT2D eigenvalue weighted by atomic mass is 10.1. The minimum absolute atomic E-state index is 0.273. The number of amides is 1. The quantitative estimate of drug-likeness (QED) is 0.503. The van der Waals surface area contributed by atoms with Crippen LogP contribution in [0.25, 0.3) is 10.1 Å². The first-order valence-corrected chi connectivity index (χ1v) is 9.54. The number of benzene rings is 2. The number of nitrogens with one attached hydrogen (secondary N) is 1. The Kier molecular flexibility index (Phi) is 4.87. The van der Waals surface area contributed by atoms with E-state index in [1.54, 1.807) is 42.2 Å². The first kappa shape index (κ1) is 18.6. The predicted octanol–water partition coefficient (Wildman–Crippen LogP) is 5.09. The number of carbonyl (C=O) groups excluding carboxylic acids is 1. The molecule has 28 heavy (non-hydrogen) atoms. The van der Waals surface area contributed by atoms with Gasteiger partial charge < -0.3 is 9.88 Å². The highest BCUT2D eigenvalue weighted by molar-refractivity contribution is 7.21. The van der Waals surface area contributed by atoms with E-state index in [2.05, 4.69) is 10.3 Å². The number of halogens is 3. The van der Waals surface area contributed by atoms with Gasteiger partial charge >= 0.3 is 0 Å². The van der Waals surface area contributed by atoms with E-state index in [-0.39, 0.29) is 15.7 Å².